The number of rotatable bonds is 2. The van der Waals surface area contributed by atoms with Gasteiger partial charge in [-0.2, -0.15) is 5.10 Å². The van der Waals surface area contributed by atoms with Crippen molar-refractivity contribution in [1.29, 1.82) is 0 Å². The number of fused-ring (bicyclic) bond motifs is 1. The second-order valence-corrected chi connectivity index (χ2v) is 6.70. The van der Waals surface area contributed by atoms with Gasteiger partial charge in [0.15, 0.2) is 0 Å². The van der Waals surface area contributed by atoms with Gasteiger partial charge in [0.05, 0.1) is 10.9 Å². The summed E-state index contributed by atoms with van der Waals surface area (Å²) >= 11 is 8.25. The fraction of sp³-hybridized carbons (Fsp3) is 0.333. The highest BCUT2D eigenvalue weighted by atomic mass is 127. The molecule has 2 aromatic heterocycles. The number of aromatic nitrogens is 3. The van der Waals surface area contributed by atoms with Gasteiger partial charge < -0.3 is 0 Å². The van der Waals surface area contributed by atoms with Crippen LogP contribution in [0.5, 0.6) is 0 Å². The zero-order valence-corrected chi connectivity index (χ0v) is 12.2. The maximum atomic E-state index is 6.05. The highest BCUT2D eigenvalue weighted by Crippen LogP contribution is 2.31. The Morgan fingerprint density at radius 3 is 2.93 bits per heavy atom. The number of hydrogen-bond donors (Lipinski definition) is 0. The Balaban J connectivity index is 2.63. The Morgan fingerprint density at radius 2 is 2.27 bits per heavy atom. The summed E-state index contributed by atoms with van der Waals surface area (Å²) in [6.07, 6.45) is 1.73. The Morgan fingerprint density at radius 1 is 1.53 bits per heavy atom. The van der Waals surface area contributed by atoms with Gasteiger partial charge in [0.1, 0.15) is 8.85 Å². The average Bonchev–Trinajstić information content (AvgIpc) is 2.44. The van der Waals surface area contributed by atoms with Gasteiger partial charge in [-0.25, -0.2) is 9.44 Å². The van der Waals surface area contributed by atoms with Gasteiger partial charge in [-0.1, -0.05) is 25.4 Å². The molecule has 0 fully saturated rings. The molecule has 2 heterocycles. The zero-order valence-electron chi connectivity index (χ0n) is 8.33. The fourth-order valence-electron chi connectivity index (χ4n) is 1.33. The van der Waals surface area contributed by atoms with Crippen LogP contribution in [0.1, 0.15) is 13.8 Å². The van der Waals surface area contributed by atoms with Crippen molar-refractivity contribution < 1.29 is 0 Å². The molecule has 0 aromatic carbocycles. The molecule has 1 unspecified atom stereocenters. The normalized spacial score (nSPS) is 12.3. The Kier molecular flexibility index (Phi) is 3.48. The van der Waals surface area contributed by atoms with Crippen LogP contribution in [0.2, 0.25) is 5.15 Å². The van der Waals surface area contributed by atoms with Crippen molar-refractivity contribution in [3.63, 3.8) is 0 Å². The fourth-order valence-corrected chi connectivity index (χ4v) is 3.65. The molecule has 0 bridgehead atoms. The van der Waals surface area contributed by atoms with Crippen LogP contribution >= 0.6 is 42.9 Å². The minimum Gasteiger partial charge on any atom is -0.246 e. The van der Waals surface area contributed by atoms with Crippen molar-refractivity contribution in [3.8, 4) is 0 Å². The SMILES string of the molecule is CC(C)Pn1nc(I)c2c(Cl)nccc21. The zero-order chi connectivity index (χ0) is 11.0. The van der Waals surface area contributed by atoms with E-state index in [9.17, 15) is 0 Å². The lowest BCUT2D eigenvalue weighted by molar-refractivity contribution is 0.975. The van der Waals surface area contributed by atoms with Gasteiger partial charge in [0.2, 0.25) is 0 Å². The average molecular weight is 354 g/mol. The maximum Gasteiger partial charge on any atom is 0.141 e. The second-order valence-electron chi connectivity index (χ2n) is 3.48. The standard InChI is InChI=1S/C9H10ClIN3P/c1-5(2)15-14-6-3-4-12-8(10)7(6)9(11)13-14/h3-5,15H,1-2H3. The third-order valence-electron chi connectivity index (χ3n) is 1.89. The van der Waals surface area contributed by atoms with Crippen molar-refractivity contribution in [1.82, 2.24) is 14.5 Å². The Hall–Kier alpha value is 0.0700. The topological polar surface area (TPSA) is 30.7 Å². The monoisotopic (exact) mass is 353 g/mol. The van der Waals surface area contributed by atoms with Crippen molar-refractivity contribution in [2.75, 3.05) is 0 Å². The van der Waals surface area contributed by atoms with E-state index in [4.69, 9.17) is 11.6 Å². The highest BCUT2D eigenvalue weighted by molar-refractivity contribution is 14.1. The van der Waals surface area contributed by atoms with Crippen LogP contribution in [0, 0.1) is 3.70 Å². The van der Waals surface area contributed by atoms with Crippen molar-refractivity contribution in [2.45, 2.75) is 19.5 Å². The molecule has 15 heavy (non-hydrogen) atoms. The molecule has 1 atom stereocenters. The van der Waals surface area contributed by atoms with Crippen LogP contribution in [0.4, 0.5) is 0 Å². The van der Waals surface area contributed by atoms with Gasteiger partial charge in [-0.15, -0.1) is 0 Å². The van der Waals surface area contributed by atoms with E-state index in [1.165, 1.54) is 0 Å². The molecule has 2 aromatic rings. The molecule has 0 N–H and O–H groups in total. The minimum absolute atomic E-state index is 0.539. The largest absolute Gasteiger partial charge is 0.246 e. The molecule has 6 heteroatoms. The van der Waals surface area contributed by atoms with Crippen molar-refractivity contribution >= 4 is 53.8 Å². The molecule has 0 saturated heterocycles. The van der Waals surface area contributed by atoms with E-state index < -0.39 is 0 Å². The molecule has 2 rings (SSSR count). The second kappa shape index (κ2) is 4.52. The molecule has 0 spiro atoms. The first-order valence-electron chi connectivity index (χ1n) is 4.55. The third kappa shape index (κ3) is 2.27. The van der Waals surface area contributed by atoms with Gasteiger partial charge >= 0.3 is 0 Å². The summed E-state index contributed by atoms with van der Waals surface area (Å²) in [5, 5.41) is 5.99. The predicted octanol–water partition coefficient (Wildman–Crippen LogP) is 3.54. The molecular weight excluding hydrogens is 343 g/mol. The van der Waals surface area contributed by atoms with Crippen LogP contribution in [-0.4, -0.2) is 20.2 Å². The molecule has 0 aliphatic heterocycles. The smallest absolute Gasteiger partial charge is 0.141 e. The molecular formula is C9H10ClIN3P. The van der Waals surface area contributed by atoms with Gasteiger partial charge in [-0.05, 0) is 34.3 Å². The first-order chi connectivity index (χ1) is 7.09. The number of pyridine rings is 1. The summed E-state index contributed by atoms with van der Waals surface area (Å²) in [6, 6.07) is 1.96. The first-order valence-corrected chi connectivity index (χ1v) is 7.03. The lowest BCUT2D eigenvalue weighted by Gasteiger charge is -2.05. The quantitative estimate of drug-likeness (QED) is 0.470. The molecule has 0 aliphatic carbocycles. The summed E-state index contributed by atoms with van der Waals surface area (Å²) in [5.41, 5.74) is 1.67. The molecule has 0 saturated carbocycles. The van der Waals surface area contributed by atoms with Crippen molar-refractivity contribution in [3.05, 3.63) is 21.1 Å². The van der Waals surface area contributed by atoms with E-state index in [0.717, 1.165) is 14.6 Å². The number of hydrogen-bond acceptors (Lipinski definition) is 2. The summed E-state index contributed by atoms with van der Waals surface area (Å²) in [7, 11) is 0.646. The Bertz CT molecular complexity index is 497. The first kappa shape index (κ1) is 11.6. The van der Waals surface area contributed by atoms with E-state index in [1.807, 2.05) is 10.5 Å². The van der Waals surface area contributed by atoms with E-state index in [2.05, 4.69) is 46.5 Å². The lowest BCUT2D eigenvalue weighted by Crippen LogP contribution is -1.93. The van der Waals surface area contributed by atoms with Gasteiger partial charge in [0, 0.05) is 14.9 Å². The van der Waals surface area contributed by atoms with Gasteiger partial charge in [-0.3, -0.25) is 0 Å². The van der Waals surface area contributed by atoms with Gasteiger partial charge in [0.25, 0.3) is 0 Å². The summed E-state index contributed by atoms with van der Waals surface area (Å²) in [6.45, 7) is 4.36. The minimum atomic E-state index is 0.539. The van der Waals surface area contributed by atoms with E-state index in [-0.39, 0.29) is 0 Å². The number of halogens is 2. The van der Waals surface area contributed by atoms with E-state index in [0.29, 0.717) is 19.5 Å². The molecule has 0 aliphatic rings. The van der Waals surface area contributed by atoms with Crippen LogP contribution < -0.4 is 0 Å². The summed E-state index contributed by atoms with van der Waals surface area (Å²) < 4.78 is 2.95. The molecule has 80 valence electrons. The molecule has 0 radical (unpaired) electrons. The van der Waals surface area contributed by atoms with E-state index >= 15 is 0 Å². The Labute approximate surface area is 109 Å². The van der Waals surface area contributed by atoms with Crippen LogP contribution in [0.15, 0.2) is 12.3 Å². The van der Waals surface area contributed by atoms with Crippen LogP contribution in [0.25, 0.3) is 10.9 Å². The van der Waals surface area contributed by atoms with Crippen LogP contribution in [-0.2, 0) is 0 Å². The van der Waals surface area contributed by atoms with Crippen LogP contribution in [0.3, 0.4) is 0 Å². The maximum absolute atomic E-state index is 6.05. The molecule has 0 amide bonds. The predicted molar refractivity (Wildman–Crippen MR) is 74.1 cm³/mol. The van der Waals surface area contributed by atoms with E-state index in [1.54, 1.807) is 6.20 Å². The summed E-state index contributed by atoms with van der Waals surface area (Å²) in [4.78, 5) is 4.07. The number of nitrogens with zero attached hydrogens (tertiary/aromatic N) is 3. The third-order valence-corrected chi connectivity index (χ3v) is 4.03. The summed E-state index contributed by atoms with van der Waals surface area (Å²) in [5.74, 6) is 0. The lowest BCUT2D eigenvalue weighted by atomic mass is 10.3. The van der Waals surface area contributed by atoms with Crippen molar-refractivity contribution in [2.24, 2.45) is 0 Å². The highest BCUT2D eigenvalue weighted by Gasteiger charge is 2.12. The molecule has 3 nitrogen and oxygen atoms in total.